The van der Waals surface area contributed by atoms with Gasteiger partial charge in [0.2, 0.25) is 0 Å². The highest BCUT2D eigenvalue weighted by Crippen LogP contribution is 2.27. The summed E-state index contributed by atoms with van der Waals surface area (Å²) in [4.78, 5) is 11.8. The second-order valence-corrected chi connectivity index (χ2v) is 4.49. The molecule has 7 heteroatoms. The van der Waals surface area contributed by atoms with Crippen LogP contribution in [0, 0.1) is 0 Å². The number of aromatic nitrogens is 2. The molecule has 3 heterocycles. The highest BCUT2D eigenvalue weighted by atomic mass is 16.4. The van der Waals surface area contributed by atoms with E-state index >= 15 is 0 Å². The number of rotatable bonds is 3. The molecule has 0 radical (unpaired) electrons. The molecular formula is C15H9N3O4. The highest BCUT2D eigenvalue weighted by molar-refractivity contribution is 6.00. The summed E-state index contributed by atoms with van der Waals surface area (Å²) in [7, 11) is 0. The average molecular weight is 295 g/mol. The van der Waals surface area contributed by atoms with Gasteiger partial charge in [-0.25, -0.2) is 0 Å². The van der Waals surface area contributed by atoms with Crippen molar-refractivity contribution in [2.75, 3.05) is 5.32 Å². The average Bonchev–Trinajstić information content (AvgIpc) is 3.26. The van der Waals surface area contributed by atoms with Crippen molar-refractivity contribution >= 4 is 22.9 Å². The Bertz CT molecular complexity index is 904. The maximum Gasteiger partial charge on any atom is 0.323 e. The van der Waals surface area contributed by atoms with Gasteiger partial charge in [0, 0.05) is 5.39 Å². The van der Waals surface area contributed by atoms with Crippen molar-refractivity contribution in [3.63, 3.8) is 0 Å². The van der Waals surface area contributed by atoms with Crippen LogP contribution in [0.5, 0.6) is 0 Å². The van der Waals surface area contributed by atoms with Crippen LogP contribution in [0.1, 0.15) is 10.6 Å². The monoisotopic (exact) mass is 295 g/mol. The molecule has 1 N–H and O–H groups in total. The maximum atomic E-state index is 11.8. The van der Waals surface area contributed by atoms with Gasteiger partial charge in [-0.1, -0.05) is 23.3 Å². The topological polar surface area (TPSA) is 94.3 Å². The third kappa shape index (κ3) is 2.14. The molecule has 1 amide bonds. The first-order valence-electron chi connectivity index (χ1n) is 6.47. The van der Waals surface area contributed by atoms with E-state index in [9.17, 15) is 4.79 Å². The number of amides is 1. The van der Waals surface area contributed by atoms with Gasteiger partial charge in [-0.2, -0.15) is 0 Å². The summed E-state index contributed by atoms with van der Waals surface area (Å²) in [6, 6.07) is 12.4. The second-order valence-electron chi connectivity index (χ2n) is 4.49. The lowest BCUT2D eigenvalue weighted by Crippen LogP contribution is -2.10. The van der Waals surface area contributed by atoms with Crippen LogP contribution in [0.3, 0.4) is 0 Å². The standard InChI is InChI=1S/C15H9N3O4/c19-13(11-6-3-7-20-11)16-15-18-17-14(22-15)12-8-9-4-1-2-5-10(9)21-12/h1-8H,(H,16,18,19). The minimum absolute atomic E-state index is 0.0307. The van der Waals surface area contributed by atoms with Gasteiger partial charge < -0.3 is 13.3 Å². The molecule has 0 aliphatic carbocycles. The van der Waals surface area contributed by atoms with E-state index in [0.29, 0.717) is 5.76 Å². The van der Waals surface area contributed by atoms with Crippen molar-refractivity contribution in [2.24, 2.45) is 0 Å². The third-order valence-electron chi connectivity index (χ3n) is 3.03. The summed E-state index contributed by atoms with van der Waals surface area (Å²) < 4.78 is 16.0. The van der Waals surface area contributed by atoms with E-state index in [2.05, 4.69) is 15.5 Å². The predicted molar refractivity (Wildman–Crippen MR) is 76.2 cm³/mol. The quantitative estimate of drug-likeness (QED) is 0.623. The Hall–Kier alpha value is -3.35. The van der Waals surface area contributed by atoms with Gasteiger partial charge >= 0.3 is 6.01 Å². The Labute approximate surface area is 123 Å². The first kappa shape index (κ1) is 12.4. The van der Waals surface area contributed by atoms with Gasteiger partial charge in [-0.15, -0.1) is 5.10 Å². The zero-order chi connectivity index (χ0) is 14.9. The van der Waals surface area contributed by atoms with Crippen molar-refractivity contribution in [1.82, 2.24) is 10.2 Å². The van der Waals surface area contributed by atoms with Gasteiger partial charge in [-0.3, -0.25) is 10.1 Å². The molecule has 0 saturated heterocycles. The molecule has 0 aliphatic rings. The maximum absolute atomic E-state index is 11.8. The highest BCUT2D eigenvalue weighted by Gasteiger charge is 2.16. The lowest BCUT2D eigenvalue weighted by molar-refractivity contribution is 0.0994. The Morgan fingerprint density at radius 3 is 2.77 bits per heavy atom. The number of fused-ring (bicyclic) bond motifs is 1. The Kier molecular flexibility index (Phi) is 2.75. The minimum Gasteiger partial charge on any atom is -0.459 e. The van der Waals surface area contributed by atoms with E-state index in [-0.39, 0.29) is 17.7 Å². The fourth-order valence-corrected chi connectivity index (χ4v) is 2.03. The SMILES string of the molecule is O=C(Nc1nnc(-c2cc3ccccc3o2)o1)c1ccco1. The molecule has 0 bridgehead atoms. The van der Waals surface area contributed by atoms with Gasteiger partial charge in [0.25, 0.3) is 11.8 Å². The van der Waals surface area contributed by atoms with Gasteiger partial charge in [0.05, 0.1) is 6.26 Å². The summed E-state index contributed by atoms with van der Waals surface area (Å²) in [6.07, 6.45) is 1.41. The molecule has 7 nitrogen and oxygen atoms in total. The summed E-state index contributed by atoms with van der Waals surface area (Å²) in [6.45, 7) is 0. The molecule has 0 unspecified atom stereocenters. The lowest BCUT2D eigenvalue weighted by atomic mass is 10.2. The zero-order valence-corrected chi connectivity index (χ0v) is 11.1. The molecule has 22 heavy (non-hydrogen) atoms. The molecule has 0 saturated carbocycles. The first-order chi connectivity index (χ1) is 10.8. The number of hydrogen-bond acceptors (Lipinski definition) is 6. The van der Waals surface area contributed by atoms with Crippen LogP contribution in [-0.2, 0) is 0 Å². The molecule has 4 rings (SSSR count). The van der Waals surface area contributed by atoms with Gasteiger partial charge in [0.1, 0.15) is 5.58 Å². The number of nitrogens with one attached hydrogen (secondary N) is 1. The number of hydrogen-bond donors (Lipinski definition) is 1. The molecule has 0 atom stereocenters. The van der Waals surface area contributed by atoms with E-state index in [1.54, 1.807) is 12.1 Å². The summed E-state index contributed by atoms with van der Waals surface area (Å²) in [5, 5.41) is 11.0. The van der Waals surface area contributed by atoms with Crippen molar-refractivity contribution in [3.8, 4) is 11.7 Å². The molecule has 4 aromatic rings. The number of carbonyl (C=O) groups excluding carboxylic acids is 1. The Balaban J connectivity index is 1.59. The third-order valence-corrected chi connectivity index (χ3v) is 3.03. The fraction of sp³-hybridized carbons (Fsp3) is 0. The van der Waals surface area contributed by atoms with Crippen molar-refractivity contribution in [1.29, 1.82) is 0 Å². The van der Waals surface area contributed by atoms with Crippen LogP contribution in [0.25, 0.3) is 22.6 Å². The number of benzene rings is 1. The molecule has 0 aliphatic heterocycles. The van der Waals surface area contributed by atoms with E-state index in [4.69, 9.17) is 13.3 Å². The molecule has 0 spiro atoms. The molecule has 108 valence electrons. The number of carbonyl (C=O) groups is 1. The zero-order valence-electron chi connectivity index (χ0n) is 11.1. The largest absolute Gasteiger partial charge is 0.459 e. The second kappa shape index (κ2) is 4.88. The smallest absolute Gasteiger partial charge is 0.323 e. The minimum atomic E-state index is -0.468. The van der Waals surface area contributed by atoms with Crippen molar-refractivity contribution < 1.29 is 18.0 Å². The molecule has 1 aromatic carbocycles. The van der Waals surface area contributed by atoms with Crippen LogP contribution in [0.15, 0.2) is 62.0 Å². The van der Waals surface area contributed by atoms with E-state index < -0.39 is 5.91 Å². The van der Waals surface area contributed by atoms with Gasteiger partial charge in [-0.05, 0) is 24.3 Å². The fourth-order valence-electron chi connectivity index (χ4n) is 2.03. The number of para-hydroxylation sites is 1. The van der Waals surface area contributed by atoms with Crippen LogP contribution in [0.4, 0.5) is 6.01 Å². The number of furan rings is 2. The Morgan fingerprint density at radius 2 is 1.95 bits per heavy atom. The molecule has 3 aromatic heterocycles. The molecule has 0 fully saturated rings. The molecular weight excluding hydrogens is 286 g/mol. The normalized spacial score (nSPS) is 10.9. The number of nitrogens with zero attached hydrogens (tertiary/aromatic N) is 2. The van der Waals surface area contributed by atoms with E-state index in [1.807, 2.05) is 24.3 Å². The van der Waals surface area contributed by atoms with Crippen molar-refractivity contribution in [2.45, 2.75) is 0 Å². The summed E-state index contributed by atoms with van der Waals surface area (Å²) in [5.74, 6) is 0.312. The van der Waals surface area contributed by atoms with Crippen LogP contribution in [-0.4, -0.2) is 16.1 Å². The van der Waals surface area contributed by atoms with E-state index in [1.165, 1.54) is 12.3 Å². The summed E-state index contributed by atoms with van der Waals surface area (Å²) >= 11 is 0. The Morgan fingerprint density at radius 1 is 1.05 bits per heavy atom. The number of anilines is 1. The first-order valence-corrected chi connectivity index (χ1v) is 6.47. The van der Waals surface area contributed by atoms with Crippen LogP contribution in [0.2, 0.25) is 0 Å². The lowest BCUT2D eigenvalue weighted by Gasteiger charge is -1.95. The predicted octanol–water partition coefficient (Wildman–Crippen LogP) is 3.33. The van der Waals surface area contributed by atoms with E-state index in [0.717, 1.165) is 11.0 Å². The van der Waals surface area contributed by atoms with Crippen LogP contribution >= 0.6 is 0 Å². The summed E-state index contributed by atoms with van der Waals surface area (Å²) in [5.41, 5.74) is 0.719. The van der Waals surface area contributed by atoms with Gasteiger partial charge in [0.15, 0.2) is 11.5 Å². The van der Waals surface area contributed by atoms with Crippen molar-refractivity contribution in [3.05, 3.63) is 54.5 Å². The van der Waals surface area contributed by atoms with Crippen LogP contribution < -0.4 is 5.32 Å².